The monoisotopic (exact) mass is 314 g/mol. The molecule has 0 unspecified atom stereocenters. The molecule has 0 atom stereocenters. The van der Waals surface area contributed by atoms with Gasteiger partial charge in [0, 0.05) is 28.1 Å². The van der Waals surface area contributed by atoms with Gasteiger partial charge in [0.05, 0.1) is 5.75 Å². The number of rotatable bonds is 3. The highest BCUT2D eigenvalue weighted by atomic mass is 79.9. The summed E-state index contributed by atoms with van der Waals surface area (Å²) in [6.45, 7) is 1.84. The van der Waals surface area contributed by atoms with E-state index in [1.54, 1.807) is 11.8 Å². The summed E-state index contributed by atoms with van der Waals surface area (Å²) in [6, 6.07) is 5.66. The molecular weight excluding hydrogens is 300 g/mol. The van der Waals surface area contributed by atoms with Gasteiger partial charge in [0.2, 0.25) is 5.91 Å². The Morgan fingerprint density at radius 3 is 2.76 bits per heavy atom. The van der Waals surface area contributed by atoms with Crippen LogP contribution in [0.2, 0.25) is 0 Å². The number of anilines is 1. The largest absolute Gasteiger partial charge is 0.399 e. The number of thioether (sulfide) groups is 1. The van der Waals surface area contributed by atoms with Gasteiger partial charge in [0.15, 0.2) is 0 Å². The van der Waals surface area contributed by atoms with Crippen LogP contribution in [0.15, 0.2) is 27.6 Å². The van der Waals surface area contributed by atoms with Crippen LogP contribution >= 0.6 is 27.7 Å². The Labute approximate surface area is 114 Å². The van der Waals surface area contributed by atoms with E-state index in [9.17, 15) is 4.79 Å². The third-order valence-electron chi connectivity index (χ3n) is 2.77. The smallest absolute Gasteiger partial charge is 0.232 e. The minimum Gasteiger partial charge on any atom is -0.399 e. The maximum Gasteiger partial charge on any atom is 0.232 e. The van der Waals surface area contributed by atoms with Gasteiger partial charge >= 0.3 is 0 Å². The van der Waals surface area contributed by atoms with Crippen LogP contribution in [0.3, 0.4) is 0 Å². The van der Waals surface area contributed by atoms with E-state index in [0.29, 0.717) is 5.75 Å². The Morgan fingerprint density at radius 1 is 1.41 bits per heavy atom. The molecule has 92 valence electrons. The lowest BCUT2D eigenvalue weighted by atomic mass is 10.3. The molecule has 5 heteroatoms. The molecule has 1 aromatic carbocycles. The fourth-order valence-electron chi connectivity index (χ4n) is 1.83. The zero-order chi connectivity index (χ0) is 12.3. The van der Waals surface area contributed by atoms with Crippen molar-refractivity contribution in [2.75, 3.05) is 24.6 Å². The molecule has 2 rings (SSSR count). The summed E-state index contributed by atoms with van der Waals surface area (Å²) in [5.41, 5.74) is 6.40. The van der Waals surface area contributed by atoms with Crippen molar-refractivity contribution >= 4 is 39.3 Å². The van der Waals surface area contributed by atoms with Crippen LogP contribution in [-0.4, -0.2) is 29.6 Å². The molecule has 1 heterocycles. The molecule has 0 saturated carbocycles. The van der Waals surface area contributed by atoms with Crippen molar-refractivity contribution in [3.63, 3.8) is 0 Å². The molecular formula is C12H15BrN2OS. The zero-order valence-electron chi connectivity index (χ0n) is 9.49. The predicted octanol–water partition coefficient (Wildman–Crippen LogP) is 2.75. The van der Waals surface area contributed by atoms with E-state index in [0.717, 1.165) is 41.0 Å². The standard InChI is InChI=1S/C12H15BrN2OS/c13-10-7-9(14)3-4-11(10)17-8-12(16)15-5-1-2-6-15/h3-4,7H,1-2,5-6,8,14H2. The zero-order valence-corrected chi connectivity index (χ0v) is 11.9. The molecule has 3 nitrogen and oxygen atoms in total. The van der Waals surface area contributed by atoms with Crippen LogP contribution in [0, 0.1) is 0 Å². The summed E-state index contributed by atoms with van der Waals surface area (Å²) in [7, 11) is 0. The van der Waals surface area contributed by atoms with Crippen molar-refractivity contribution in [3.8, 4) is 0 Å². The van der Waals surface area contributed by atoms with Crippen LogP contribution < -0.4 is 5.73 Å². The highest BCUT2D eigenvalue weighted by Crippen LogP contribution is 2.29. The first kappa shape index (κ1) is 12.8. The van der Waals surface area contributed by atoms with Gasteiger partial charge in [0.25, 0.3) is 0 Å². The fraction of sp³-hybridized carbons (Fsp3) is 0.417. The summed E-state index contributed by atoms with van der Waals surface area (Å²) >= 11 is 5.01. The molecule has 0 aromatic heterocycles. The number of carbonyl (C=O) groups is 1. The minimum absolute atomic E-state index is 0.233. The van der Waals surface area contributed by atoms with Gasteiger partial charge in [-0.3, -0.25) is 4.79 Å². The summed E-state index contributed by atoms with van der Waals surface area (Å²) in [4.78, 5) is 14.9. The van der Waals surface area contributed by atoms with E-state index in [2.05, 4.69) is 15.9 Å². The van der Waals surface area contributed by atoms with Gasteiger partial charge in [-0.2, -0.15) is 0 Å². The molecule has 1 saturated heterocycles. The first-order valence-corrected chi connectivity index (χ1v) is 7.40. The molecule has 1 aromatic rings. The van der Waals surface area contributed by atoms with Crippen molar-refractivity contribution < 1.29 is 4.79 Å². The van der Waals surface area contributed by atoms with Crippen LogP contribution in [-0.2, 0) is 4.79 Å². The molecule has 0 bridgehead atoms. The Morgan fingerprint density at radius 2 is 2.12 bits per heavy atom. The summed E-state index contributed by atoms with van der Waals surface area (Å²) in [6.07, 6.45) is 2.28. The van der Waals surface area contributed by atoms with Crippen molar-refractivity contribution in [1.82, 2.24) is 4.90 Å². The van der Waals surface area contributed by atoms with Gasteiger partial charge in [-0.05, 0) is 47.0 Å². The number of likely N-dealkylation sites (tertiary alicyclic amines) is 1. The number of amides is 1. The minimum atomic E-state index is 0.233. The highest BCUT2D eigenvalue weighted by molar-refractivity contribution is 9.10. The Kier molecular flexibility index (Phi) is 4.34. The number of nitrogens with zero attached hydrogens (tertiary/aromatic N) is 1. The van der Waals surface area contributed by atoms with Crippen molar-refractivity contribution in [3.05, 3.63) is 22.7 Å². The third kappa shape index (κ3) is 3.39. The number of hydrogen-bond donors (Lipinski definition) is 1. The van der Waals surface area contributed by atoms with Crippen molar-refractivity contribution in [2.24, 2.45) is 0 Å². The first-order valence-electron chi connectivity index (χ1n) is 5.62. The molecule has 2 N–H and O–H groups in total. The first-order chi connectivity index (χ1) is 8.16. The average Bonchev–Trinajstić information content (AvgIpc) is 2.81. The van der Waals surface area contributed by atoms with Gasteiger partial charge in [-0.25, -0.2) is 0 Å². The Balaban J connectivity index is 1.90. The molecule has 0 aliphatic carbocycles. The second-order valence-electron chi connectivity index (χ2n) is 4.07. The fourth-order valence-corrected chi connectivity index (χ4v) is 3.39. The van der Waals surface area contributed by atoms with Crippen molar-refractivity contribution in [1.29, 1.82) is 0 Å². The second-order valence-corrected chi connectivity index (χ2v) is 5.94. The molecule has 1 aliphatic rings. The second kappa shape index (κ2) is 5.78. The number of nitrogens with two attached hydrogens (primary N) is 1. The Bertz CT molecular complexity index is 419. The van der Waals surface area contributed by atoms with E-state index >= 15 is 0 Å². The lowest BCUT2D eigenvalue weighted by Crippen LogP contribution is -2.29. The molecule has 1 amide bonds. The topological polar surface area (TPSA) is 46.3 Å². The van der Waals surface area contributed by atoms with Crippen LogP contribution in [0.1, 0.15) is 12.8 Å². The number of hydrogen-bond acceptors (Lipinski definition) is 3. The van der Waals surface area contributed by atoms with Gasteiger partial charge in [-0.1, -0.05) is 0 Å². The Hall–Kier alpha value is -0.680. The van der Waals surface area contributed by atoms with E-state index in [1.165, 1.54) is 0 Å². The predicted molar refractivity (Wildman–Crippen MR) is 75.1 cm³/mol. The summed E-state index contributed by atoms with van der Waals surface area (Å²) < 4.78 is 0.955. The number of halogens is 1. The quantitative estimate of drug-likeness (QED) is 0.689. The van der Waals surface area contributed by atoms with Crippen LogP contribution in [0.25, 0.3) is 0 Å². The van der Waals surface area contributed by atoms with E-state index in [-0.39, 0.29) is 5.91 Å². The maximum absolute atomic E-state index is 11.9. The van der Waals surface area contributed by atoms with Gasteiger partial charge in [0.1, 0.15) is 0 Å². The summed E-state index contributed by atoms with van der Waals surface area (Å²) in [5, 5.41) is 0. The maximum atomic E-state index is 11.9. The lowest BCUT2D eigenvalue weighted by Gasteiger charge is -2.15. The average molecular weight is 315 g/mol. The normalized spacial score (nSPS) is 15.2. The van der Waals surface area contributed by atoms with Crippen molar-refractivity contribution in [2.45, 2.75) is 17.7 Å². The van der Waals surface area contributed by atoms with Gasteiger partial charge < -0.3 is 10.6 Å². The number of benzene rings is 1. The van der Waals surface area contributed by atoms with Gasteiger partial charge in [-0.15, -0.1) is 11.8 Å². The SMILES string of the molecule is Nc1ccc(SCC(=O)N2CCCC2)c(Br)c1. The molecule has 1 fully saturated rings. The lowest BCUT2D eigenvalue weighted by molar-refractivity contribution is -0.127. The molecule has 1 aliphatic heterocycles. The van der Waals surface area contributed by atoms with Crippen LogP contribution in [0.5, 0.6) is 0 Å². The number of nitrogen functional groups attached to an aromatic ring is 1. The highest BCUT2D eigenvalue weighted by Gasteiger charge is 2.17. The summed E-state index contributed by atoms with van der Waals surface area (Å²) in [5.74, 6) is 0.735. The van der Waals surface area contributed by atoms with Crippen LogP contribution in [0.4, 0.5) is 5.69 Å². The van der Waals surface area contributed by atoms with E-state index in [4.69, 9.17) is 5.73 Å². The third-order valence-corrected chi connectivity index (χ3v) is 4.74. The molecule has 17 heavy (non-hydrogen) atoms. The molecule has 0 radical (unpaired) electrons. The van der Waals surface area contributed by atoms with E-state index < -0.39 is 0 Å². The number of carbonyl (C=O) groups excluding carboxylic acids is 1. The molecule has 0 spiro atoms. The van der Waals surface area contributed by atoms with E-state index in [1.807, 2.05) is 23.1 Å².